The lowest BCUT2D eigenvalue weighted by Gasteiger charge is -2.32. The number of likely N-dealkylation sites (N-methyl/N-ethyl adjacent to an activating group) is 1. The van der Waals surface area contributed by atoms with Crippen molar-refractivity contribution in [3.63, 3.8) is 0 Å². The maximum Gasteiger partial charge on any atom is 0.223 e. The van der Waals surface area contributed by atoms with Crippen LogP contribution in [0.4, 0.5) is 0 Å². The normalized spacial score (nSPS) is 25.8. The number of nitrogens with zero attached hydrogens (tertiary/aromatic N) is 2. The average molecular weight is 330 g/mol. The maximum atomic E-state index is 12.1. The number of hydrogen-bond acceptors (Lipinski definition) is 4. The predicted molar refractivity (Wildman–Crippen MR) is 96.4 cm³/mol. The summed E-state index contributed by atoms with van der Waals surface area (Å²) in [4.78, 5) is 17.0. The second-order valence-electron chi connectivity index (χ2n) is 7.38. The molecular formula is C19H30N4O. The second-order valence-corrected chi connectivity index (χ2v) is 7.38. The van der Waals surface area contributed by atoms with E-state index in [9.17, 15) is 4.79 Å². The molecule has 2 unspecified atom stereocenters. The van der Waals surface area contributed by atoms with E-state index in [0.717, 1.165) is 57.5 Å². The Kier molecular flexibility index (Phi) is 5.87. The number of carbonyl (C=O) groups excluding carboxylic acids is 1. The molecule has 1 saturated carbocycles. The van der Waals surface area contributed by atoms with Crippen molar-refractivity contribution >= 4 is 5.91 Å². The lowest BCUT2D eigenvalue weighted by atomic mass is 10.1. The lowest BCUT2D eigenvalue weighted by Crippen LogP contribution is -2.43. The van der Waals surface area contributed by atoms with Crippen molar-refractivity contribution in [3.05, 3.63) is 35.4 Å². The van der Waals surface area contributed by atoms with Crippen LogP contribution in [-0.2, 0) is 17.9 Å². The van der Waals surface area contributed by atoms with Crippen LogP contribution in [0.2, 0.25) is 0 Å². The van der Waals surface area contributed by atoms with Gasteiger partial charge in [-0.15, -0.1) is 0 Å². The molecule has 2 aliphatic rings. The molecule has 1 saturated heterocycles. The van der Waals surface area contributed by atoms with Gasteiger partial charge in [-0.05, 0) is 37.4 Å². The Labute approximate surface area is 145 Å². The van der Waals surface area contributed by atoms with E-state index in [2.05, 4.69) is 46.4 Å². The summed E-state index contributed by atoms with van der Waals surface area (Å²) in [5.41, 5.74) is 8.39. The summed E-state index contributed by atoms with van der Waals surface area (Å²) in [6.45, 7) is 6.19. The fourth-order valence-electron chi connectivity index (χ4n) is 3.61. The molecule has 5 heteroatoms. The summed E-state index contributed by atoms with van der Waals surface area (Å²) in [6, 6.07) is 8.84. The first-order chi connectivity index (χ1) is 11.6. The van der Waals surface area contributed by atoms with Crippen LogP contribution < -0.4 is 11.1 Å². The molecule has 0 radical (unpaired) electrons. The molecule has 0 aromatic heterocycles. The molecule has 132 valence electrons. The molecule has 1 amide bonds. The number of rotatable bonds is 5. The molecule has 3 N–H and O–H groups in total. The lowest BCUT2D eigenvalue weighted by molar-refractivity contribution is -0.125. The zero-order valence-electron chi connectivity index (χ0n) is 14.7. The summed E-state index contributed by atoms with van der Waals surface area (Å²) >= 11 is 0. The van der Waals surface area contributed by atoms with Crippen LogP contribution in [-0.4, -0.2) is 55.0 Å². The number of benzene rings is 1. The third kappa shape index (κ3) is 4.79. The monoisotopic (exact) mass is 330 g/mol. The Balaban J connectivity index is 1.43. The minimum atomic E-state index is 0.108. The summed E-state index contributed by atoms with van der Waals surface area (Å²) in [5.74, 6) is 0.265. The van der Waals surface area contributed by atoms with Crippen LogP contribution in [0.1, 0.15) is 30.4 Å². The summed E-state index contributed by atoms with van der Waals surface area (Å²) in [6.07, 6.45) is 2.73. The van der Waals surface area contributed by atoms with Gasteiger partial charge in [0, 0.05) is 51.2 Å². The Bertz CT molecular complexity index is 537. The molecule has 0 bridgehead atoms. The molecule has 2 atom stereocenters. The number of carbonyl (C=O) groups is 1. The average Bonchev–Trinajstić information content (AvgIpc) is 3.03. The maximum absolute atomic E-state index is 12.1. The van der Waals surface area contributed by atoms with Crippen molar-refractivity contribution in [2.45, 2.75) is 38.4 Å². The van der Waals surface area contributed by atoms with Gasteiger partial charge in [0.15, 0.2) is 0 Å². The van der Waals surface area contributed by atoms with Crippen LogP contribution in [0.5, 0.6) is 0 Å². The SMILES string of the molecule is CN1CCN(Cc2ccc(CNC(=O)C3CCC(N)C3)cc2)CC1. The molecule has 1 heterocycles. The summed E-state index contributed by atoms with van der Waals surface area (Å²) in [7, 11) is 2.18. The number of amides is 1. The fourth-order valence-corrected chi connectivity index (χ4v) is 3.61. The quantitative estimate of drug-likeness (QED) is 0.851. The number of piperazine rings is 1. The van der Waals surface area contributed by atoms with Gasteiger partial charge < -0.3 is 16.0 Å². The topological polar surface area (TPSA) is 61.6 Å². The molecule has 2 fully saturated rings. The van der Waals surface area contributed by atoms with E-state index in [4.69, 9.17) is 5.73 Å². The minimum Gasteiger partial charge on any atom is -0.352 e. The van der Waals surface area contributed by atoms with Gasteiger partial charge in [-0.2, -0.15) is 0 Å². The van der Waals surface area contributed by atoms with Gasteiger partial charge >= 0.3 is 0 Å². The van der Waals surface area contributed by atoms with E-state index in [1.165, 1.54) is 5.56 Å². The smallest absolute Gasteiger partial charge is 0.223 e. The minimum absolute atomic E-state index is 0.108. The fraction of sp³-hybridized carbons (Fsp3) is 0.632. The van der Waals surface area contributed by atoms with Crippen molar-refractivity contribution < 1.29 is 4.79 Å². The summed E-state index contributed by atoms with van der Waals surface area (Å²) in [5, 5.41) is 3.06. The van der Waals surface area contributed by atoms with Crippen molar-refractivity contribution in [1.29, 1.82) is 0 Å². The first-order valence-corrected chi connectivity index (χ1v) is 9.12. The van der Waals surface area contributed by atoms with Crippen molar-refractivity contribution in [3.8, 4) is 0 Å². The Morgan fingerprint density at radius 3 is 2.42 bits per heavy atom. The zero-order chi connectivity index (χ0) is 16.9. The largest absolute Gasteiger partial charge is 0.352 e. The summed E-state index contributed by atoms with van der Waals surface area (Å²) < 4.78 is 0. The Hall–Kier alpha value is -1.43. The highest BCUT2D eigenvalue weighted by atomic mass is 16.1. The van der Waals surface area contributed by atoms with Crippen molar-refractivity contribution in [1.82, 2.24) is 15.1 Å². The predicted octanol–water partition coefficient (Wildman–Crippen LogP) is 1.18. The number of nitrogens with two attached hydrogens (primary N) is 1. The third-order valence-electron chi connectivity index (χ3n) is 5.34. The van der Waals surface area contributed by atoms with E-state index in [-0.39, 0.29) is 17.9 Å². The van der Waals surface area contributed by atoms with Crippen molar-refractivity contribution in [2.75, 3.05) is 33.2 Å². The zero-order valence-corrected chi connectivity index (χ0v) is 14.7. The molecule has 5 nitrogen and oxygen atoms in total. The standard InChI is InChI=1S/C19H30N4O/c1-22-8-10-23(11-9-22)14-16-4-2-15(3-5-16)13-21-19(24)17-6-7-18(20)12-17/h2-5,17-18H,6-14,20H2,1H3,(H,21,24). The highest BCUT2D eigenvalue weighted by molar-refractivity contribution is 5.79. The van der Waals surface area contributed by atoms with E-state index in [0.29, 0.717) is 6.54 Å². The van der Waals surface area contributed by atoms with Gasteiger partial charge in [-0.25, -0.2) is 0 Å². The van der Waals surface area contributed by atoms with Gasteiger partial charge in [0.25, 0.3) is 0 Å². The Morgan fingerprint density at radius 1 is 1.12 bits per heavy atom. The third-order valence-corrected chi connectivity index (χ3v) is 5.34. The Morgan fingerprint density at radius 2 is 1.79 bits per heavy atom. The first-order valence-electron chi connectivity index (χ1n) is 9.12. The number of hydrogen-bond donors (Lipinski definition) is 2. The molecule has 1 aliphatic carbocycles. The van der Waals surface area contributed by atoms with Crippen LogP contribution in [0.15, 0.2) is 24.3 Å². The molecule has 1 aromatic rings. The van der Waals surface area contributed by atoms with Crippen LogP contribution in [0.3, 0.4) is 0 Å². The van der Waals surface area contributed by atoms with E-state index in [1.54, 1.807) is 0 Å². The molecule has 1 aliphatic heterocycles. The second kappa shape index (κ2) is 8.10. The van der Waals surface area contributed by atoms with Gasteiger partial charge in [-0.3, -0.25) is 9.69 Å². The van der Waals surface area contributed by atoms with Crippen LogP contribution in [0, 0.1) is 5.92 Å². The molecule has 3 rings (SSSR count). The first kappa shape index (κ1) is 17.4. The van der Waals surface area contributed by atoms with Crippen LogP contribution >= 0.6 is 0 Å². The van der Waals surface area contributed by atoms with E-state index >= 15 is 0 Å². The number of nitrogens with one attached hydrogen (secondary N) is 1. The van der Waals surface area contributed by atoms with Gasteiger partial charge in [0.05, 0.1) is 0 Å². The molecular weight excluding hydrogens is 300 g/mol. The molecule has 0 spiro atoms. The van der Waals surface area contributed by atoms with Gasteiger partial charge in [-0.1, -0.05) is 24.3 Å². The highest BCUT2D eigenvalue weighted by Crippen LogP contribution is 2.24. The van der Waals surface area contributed by atoms with Gasteiger partial charge in [0.2, 0.25) is 5.91 Å². The van der Waals surface area contributed by atoms with E-state index < -0.39 is 0 Å². The van der Waals surface area contributed by atoms with Crippen LogP contribution in [0.25, 0.3) is 0 Å². The molecule has 24 heavy (non-hydrogen) atoms. The van der Waals surface area contributed by atoms with E-state index in [1.807, 2.05) is 0 Å². The van der Waals surface area contributed by atoms with Crippen molar-refractivity contribution in [2.24, 2.45) is 11.7 Å². The highest BCUT2D eigenvalue weighted by Gasteiger charge is 2.27. The van der Waals surface area contributed by atoms with Gasteiger partial charge in [0.1, 0.15) is 0 Å². The molecule has 1 aromatic carbocycles.